The Morgan fingerprint density at radius 2 is 1.78 bits per heavy atom. The van der Waals surface area contributed by atoms with Crippen LogP contribution >= 0.6 is 31.9 Å². The average molecular weight is 371 g/mol. The molecule has 1 heterocycles. The molecule has 0 atom stereocenters. The summed E-state index contributed by atoms with van der Waals surface area (Å²) in [5.74, 6) is 1.43. The molecule has 0 radical (unpaired) electrons. The number of pyridine rings is 1. The highest BCUT2D eigenvalue weighted by Gasteiger charge is 2.09. The summed E-state index contributed by atoms with van der Waals surface area (Å²) in [6.45, 7) is 6.19. The summed E-state index contributed by atoms with van der Waals surface area (Å²) in [5.41, 5.74) is 3.54. The van der Waals surface area contributed by atoms with Gasteiger partial charge in [0.05, 0.1) is 4.47 Å². The Kier molecular flexibility index (Phi) is 4.07. The molecule has 1 aromatic carbocycles. The maximum absolute atomic E-state index is 5.88. The highest BCUT2D eigenvalue weighted by molar-refractivity contribution is 9.11. The van der Waals surface area contributed by atoms with Gasteiger partial charge in [0, 0.05) is 10.7 Å². The standard InChI is InChI=1S/C14H13Br2NO/c1-8-4-9(2)10(3)13(5-8)18-14-12(16)6-11(15)7-17-14/h4-7H,1-3H3. The van der Waals surface area contributed by atoms with Gasteiger partial charge >= 0.3 is 0 Å². The van der Waals surface area contributed by atoms with Crippen molar-refractivity contribution in [3.63, 3.8) is 0 Å². The van der Waals surface area contributed by atoms with Gasteiger partial charge in [0.25, 0.3) is 0 Å². The molecule has 0 unspecified atom stereocenters. The number of rotatable bonds is 2. The van der Waals surface area contributed by atoms with Crippen LogP contribution in [0.5, 0.6) is 11.6 Å². The third-order valence-corrected chi connectivity index (χ3v) is 3.75. The van der Waals surface area contributed by atoms with Crippen LogP contribution < -0.4 is 4.74 Å². The van der Waals surface area contributed by atoms with Crippen LogP contribution in [0.4, 0.5) is 0 Å². The van der Waals surface area contributed by atoms with Gasteiger partial charge in [-0.15, -0.1) is 0 Å². The molecule has 2 aromatic rings. The first-order valence-electron chi connectivity index (χ1n) is 5.54. The fraction of sp³-hybridized carbons (Fsp3) is 0.214. The van der Waals surface area contributed by atoms with Crippen molar-refractivity contribution in [1.29, 1.82) is 0 Å². The summed E-state index contributed by atoms with van der Waals surface area (Å²) in [6, 6.07) is 6.09. The molecular formula is C14H13Br2NO. The second kappa shape index (κ2) is 5.41. The SMILES string of the molecule is Cc1cc(C)c(C)c(Oc2ncc(Br)cc2Br)c1. The Hall–Kier alpha value is -0.870. The first-order valence-corrected chi connectivity index (χ1v) is 7.12. The maximum Gasteiger partial charge on any atom is 0.233 e. The highest BCUT2D eigenvalue weighted by Crippen LogP contribution is 2.32. The van der Waals surface area contributed by atoms with Gasteiger partial charge in [0.2, 0.25) is 5.88 Å². The number of hydrogen-bond donors (Lipinski definition) is 0. The third kappa shape index (κ3) is 2.93. The van der Waals surface area contributed by atoms with Crippen molar-refractivity contribution in [2.45, 2.75) is 20.8 Å². The van der Waals surface area contributed by atoms with Crippen LogP contribution in [0.1, 0.15) is 16.7 Å². The molecule has 0 bridgehead atoms. The number of aryl methyl sites for hydroxylation is 2. The first-order chi connectivity index (χ1) is 8.47. The average Bonchev–Trinajstić information content (AvgIpc) is 2.29. The van der Waals surface area contributed by atoms with Gasteiger partial charge in [0.15, 0.2) is 0 Å². The van der Waals surface area contributed by atoms with E-state index in [9.17, 15) is 0 Å². The van der Waals surface area contributed by atoms with E-state index in [1.54, 1.807) is 6.20 Å². The summed E-state index contributed by atoms with van der Waals surface area (Å²) in [6.07, 6.45) is 1.72. The van der Waals surface area contributed by atoms with Crippen LogP contribution in [-0.2, 0) is 0 Å². The van der Waals surface area contributed by atoms with E-state index in [1.165, 1.54) is 11.1 Å². The van der Waals surface area contributed by atoms with E-state index < -0.39 is 0 Å². The van der Waals surface area contributed by atoms with Crippen LogP contribution in [0.15, 0.2) is 33.3 Å². The molecule has 0 aliphatic rings. The molecule has 94 valence electrons. The molecule has 0 aliphatic carbocycles. The lowest BCUT2D eigenvalue weighted by Gasteiger charge is -2.12. The lowest BCUT2D eigenvalue weighted by molar-refractivity contribution is 0.455. The van der Waals surface area contributed by atoms with Crippen molar-refractivity contribution in [2.24, 2.45) is 0 Å². The zero-order chi connectivity index (χ0) is 13.3. The minimum absolute atomic E-state index is 0.575. The molecule has 18 heavy (non-hydrogen) atoms. The third-order valence-electron chi connectivity index (χ3n) is 2.74. The van der Waals surface area contributed by atoms with Crippen LogP contribution in [-0.4, -0.2) is 4.98 Å². The lowest BCUT2D eigenvalue weighted by Crippen LogP contribution is -1.94. The predicted molar refractivity (Wildman–Crippen MR) is 80.4 cm³/mol. The minimum Gasteiger partial charge on any atom is -0.438 e. The molecule has 0 spiro atoms. The Labute approximate surface area is 124 Å². The topological polar surface area (TPSA) is 22.1 Å². The molecule has 4 heteroatoms. The number of nitrogens with zero attached hydrogens (tertiary/aromatic N) is 1. The van der Waals surface area contributed by atoms with Crippen molar-refractivity contribution in [3.05, 3.63) is 50.0 Å². The van der Waals surface area contributed by atoms with E-state index in [0.29, 0.717) is 5.88 Å². The molecule has 0 saturated heterocycles. The Bertz CT molecular complexity index is 597. The fourth-order valence-corrected chi connectivity index (χ4v) is 2.76. The van der Waals surface area contributed by atoms with E-state index in [0.717, 1.165) is 20.3 Å². The molecule has 0 fully saturated rings. The Morgan fingerprint density at radius 1 is 1.06 bits per heavy atom. The second-order valence-electron chi connectivity index (χ2n) is 4.25. The Balaban J connectivity index is 2.40. The van der Waals surface area contributed by atoms with E-state index in [4.69, 9.17) is 4.74 Å². The van der Waals surface area contributed by atoms with Crippen LogP contribution in [0, 0.1) is 20.8 Å². The molecule has 2 nitrogen and oxygen atoms in total. The zero-order valence-electron chi connectivity index (χ0n) is 10.4. The number of halogens is 2. The number of ether oxygens (including phenoxy) is 1. The molecular weight excluding hydrogens is 358 g/mol. The molecule has 1 aromatic heterocycles. The van der Waals surface area contributed by atoms with Crippen LogP contribution in [0.2, 0.25) is 0 Å². The predicted octanol–water partition coefficient (Wildman–Crippen LogP) is 5.32. The van der Waals surface area contributed by atoms with E-state index in [-0.39, 0.29) is 0 Å². The van der Waals surface area contributed by atoms with Gasteiger partial charge in [-0.05, 0) is 81.5 Å². The van der Waals surface area contributed by atoms with E-state index >= 15 is 0 Å². The van der Waals surface area contributed by atoms with Crippen molar-refractivity contribution < 1.29 is 4.74 Å². The lowest BCUT2D eigenvalue weighted by atomic mass is 10.1. The summed E-state index contributed by atoms with van der Waals surface area (Å²) in [7, 11) is 0. The van der Waals surface area contributed by atoms with Crippen LogP contribution in [0.25, 0.3) is 0 Å². The van der Waals surface area contributed by atoms with Crippen molar-refractivity contribution in [3.8, 4) is 11.6 Å². The van der Waals surface area contributed by atoms with E-state index in [1.807, 2.05) is 12.1 Å². The molecule has 0 N–H and O–H groups in total. The fourth-order valence-electron chi connectivity index (χ4n) is 1.69. The minimum atomic E-state index is 0.575. The maximum atomic E-state index is 5.88. The van der Waals surface area contributed by atoms with Gasteiger partial charge in [-0.1, -0.05) is 6.07 Å². The second-order valence-corrected chi connectivity index (χ2v) is 6.02. The number of benzene rings is 1. The Morgan fingerprint density at radius 3 is 2.44 bits per heavy atom. The van der Waals surface area contributed by atoms with E-state index in [2.05, 4.69) is 63.7 Å². The normalized spacial score (nSPS) is 10.5. The molecule has 0 saturated carbocycles. The van der Waals surface area contributed by atoms with Gasteiger partial charge < -0.3 is 4.74 Å². The number of hydrogen-bond acceptors (Lipinski definition) is 2. The van der Waals surface area contributed by atoms with Crippen molar-refractivity contribution in [1.82, 2.24) is 4.98 Å². The van der Waals surface area contributed by atoms with Crippen molar-refractivity contribution >= 4 is 31.9 Å². The smallest absolute Gasteiger partial charge is 0.233 e. The molecule has 2 rings (SSSR count). The van der Waals surface area contributed by atoms with Crippen molar-refractivity contribution in [2.75, 3.05) is 0 Å². The first kappa shape index (κ1) is 13.6. The highest BCUT2D eigenvalue weighted by atomic mass is 79.9. The van der Waals surface area contributed by atoms with Gasteiger partial charge in [0.1, 0.15) is 5.75 Å². The quantitative estimate of drug-likeness (QED) is 0.713. The summed E-state index contributed by atoms with van der Waals surface area (Å²) in [4.78, 5) is 4.26. The van der Waals surface area contributed by atoms with Crippen LogP contribution in [0.3, 0.4) is 0 Å². The molecule has 0 aliphatic heterocycles. The molecule has 0 amide bonds. The number of aromatic nitrogens is 1. The largest absolute Gasteiger partial charge is 0.438 e. The summed E-state index contributed by atoms with van der Waals surface area (Å²) < 4.78 is 7.62. The zero-order valence-corrected chi connectivity index (χ0v) is 13.6. The van der Waals surface area contributed by atoms with Gasteiger partial charge in [-0.25, -0.2) is 4.98 Å². The monoisotopic (exact) mass is 369 g/mol. The van der Waals surface area contributed by atoms with Gasteiger partial charge in [-0.3, -0.25) is 0 Å². The summed E-state index contributed by atoms with van der Waals surface area (Å²) >= 11 is 6.82. The van der Waals surface area contributed by atoms with Gasteiger partial charge in [-0.2, -0.15) is 0 Å². The summed E-state index contributed by atoms with van der Waals surface area (Å²) in [5, 5.41) is 0.